The molecule has 3 amide bonds. The van der Waals surface area contributed by atoms with E-state index in [2.05, 4.69) is 30.9 Å². The molecule has 2 aliphatic heterocycles. The molecule has 0 unspecified atom stereocenters. The summed E-state index contributed by atoms with van der Waals surface area (Å²) in [6, 6.07) is 5.31. The van der Waals surface area contributed by atoms with E-state index < -0.39 is 24.5 Å². The number of hydrogen-bond acceptors (Lipinski definition) is 10. The Labute approximate surface area is 235 Å². The van der Waals surface area contributed by atoms with Crippen molar-refractivity contribution in [3.8, 4) is 0 Å². The number of unbranched alkanes of at least 4 members (excludes halogenated alkanes) is 4. The number of benzene rings is 1. The Kier molecular flexibility index (Phi) is 8.71. The Morgan fingerprint density at radius 2 is 1.80 bits per heavy atom. The molecule has 5 rings (SSSR count). The van der Waals surface area contributed by atoms with Crippen LogP contribution < -0.4 is 21.7 Å². The number of amides is 3. The maximum atomic E-state index is 12.3. The molecule has 0 spiro atoms. The van der Waals surface area contributed by atoms with Crippen molar-refractivity contribution >= 4 is 40.4 Å². The minimum atomic E-state index is -1.25. The van der Waals surface area contributed by atoms with Gasteiger partial charge in [-0.15, -0.1) is 0 Å². The van der Waals surface area contributed by atoms with Gasteiger partial charge in [-0.2, -0.15) is 0 Å². The van der Waals surface area contributed by atoms with E-state index >= 15 is 0 Å². The maximum Gasteiger partial charge on any atom is 0.251 e. The fourth-order valence-electron chi connectivity index (χ4n) is 5.17. The number of carbonyl (C=O) groups is 3. The summed E-state index contributed by atoms with van der Waals surface area (Å²) in [4.78, 5) is 48.6. The van der Waals surface area contributed by atoms with Gasteiger partial charge in [-0.05, 0) is 25.0 Å². The third-order valence-corrected chi connectivity index (χ3v) is 7.43. The van der Waals surface area contributed by atoms with Crippen molar-refractivity contribution in [3.63, 3.8) is 0 Å². The van der Waals surface area contributed by atoms with Gasteiger partial charge in [-0.1, -0.05) is 25.3 Å². The summed E-state index contributed by atoms with van der Waals surface area (Å²) in [5.74, 6) is -0.183. The smallest absolute Gasteiger partial charge is 0.251 e. The summed E-state index contributed by atoms with van der Waals surface area (Å²) in [6.07, 6.45) is 3.22. The number of aliphatic hydroxyl groups excluding tert-OH is 2. The van der Waals surface area contributed by atoms with Crippen LogP contribution in [0.2, 0.25) is 0 Å². The van der Waals surface area contributed by atoms with E-state index in [4.69, 9.17) is 10.5 Å². The van der Waals surface area contributed by atoms with Gasteiger partial charge in [0.2, 0.25) is 11.8 Å². The lowest BCUT2D eigenvalue weighted by molar-refractivity contribution is -0.122. The molecule has 0 saturated carbocycles. The minimum absolute atomic E-state index is 0.0429. The molecule has 14 nitrogen and oxygen atoms in total. The molecule has 0 aliphatic carbocycles. The number of nitrogens with zero attached hydrogens (tertiary/aromatic N) is 4. The van der Waals surface area contributed by atoms with E-state index in [1.165, 1.54) is 17.2 Å². The third-order valence-electron chi connectivity index (χ3n) is 7.43. The average molecular weight is 567 g/mol. The molecule has 4 heterocycles. The van der Waals surface area contributed by atoms with Gasteiger partial charge in [0.1, 0.15) is 30.2 Å². The molecule has 1 fully saturated rings. The molecule has 1 saturated heterocycles. The van der Waals surface area contributed by atoms with Crippen molar-refractivity contribution in [3.05, 3.63) is 42.0 Å². The first-order valence-electron chi connectivity index (χ1n) is 13.7. The molecule has 0 bridgehead atoms. The van der Waals surface area contributed by atoms with Gasteiger partial charge in [0.05, 0.1) is 6.33 Å². The Morgan fingerprint density at radius 1 is 1.05 bits per heavy atom. The van der Waals surface area contributed by atoms with Gasteiger partial charge in [0, 0.05) is 42.7 Å². The number of rotatable bonds is 12. The van der Waals surface area contributed by atoms with Crippen molar-refractivity contribution in [2.75, 3.05) is 17.6 Å². The molecule has 41 heavy (non-hydrogen) atoms. The van der Waals surface area contributed by atoms with E-state index in [1.54, 1.807) is 18.2 Å². The maximum absolute atomic E-state index is 12.3. The van der Waals surface area contributed by atoms with Crippen LogP contribution in [0.15, 0.2) is 30.9 Å². The molecule has 0 radical (unpaired) electrons. The van der Waals surface area contributed by atoms with Crippen molar-refractivity contribution in [1.82, 2.24) is 30.2 Å². The van der Waals surface area contributed by atoms with Gasteiger partial charge in [-0.25, -0.2) is 15.0 Å². The van der Waals surface area contributed by atoms with E-state index in [-0.39, 0.29) is 30.1 Å². The number of hydrogen-bond donors (Lipinski definition) is 6. The monoisotopic (exact) mass is 566 g/mol. The molecule has 3 aromatic rings. The number of nitrogens with two attached hydrogens (primary N) is 1. The van der Waals surface area contributed by atoms with Gasteiger partial charge in [0.15, 0.2) is 17.7 Å². The standard InChI is InChI=1S/C27H34N8O6/c28-24-21-25(32-13-31-24)35(14-33-21)27-23(39)22(38)18(41-27)12-29-19(36)9-4-2-1-3-5-10-20(37)34-17-8-6-7-15-16(17)11-30-26(15)40/h6-8,13-14,18,22-23,27,38-39H,1-5,9-12H2,(H,29,36)(H,30,40)(H,34,37)(H2,28,31,32)/t18-,22-,23-,27-/m1/s1. The lowest BCUT2D eigenvalue weighted by Crippen LogP contribution is -2.39. The van der Waals surface area contributed by atoms with Crippen LogP contribution in [-0.4, -0.2) is 72.3 Å². The van der Waals surface area contributed by atoms with E-state index in [9.17, 15) is 24.6 Å². The first-order valence-corrected chi connectivity index (χ1v) is 13.7. The van der Waals surface area contributed by atoms with E-state index in [0.29, 0.717) is 48.2 Å². The number of nitrogen functional groups attached to an aromatic ring is 1. The summed E-state index contributed by atoms with van der Waals surface area (Å²) in [5, 5.41) is 29.4. The summed E-state index contributed by atoms with van der Waals surface area (Å²) in [6.45, 7) is 0.463. The zero-order valence-electron chi connectivity index (χ0n) is 22.5. The number of anilines is 2. The number of imidazole rings is 1. The minimum Gasteiger partial charge on any atom is -0.387 e. The van der Waals surface area contributed by atoms with Crippen LogP contribution >= 0.6 is 0 Å². The van der Waals surface area contributed by atoms with Gasteiger partial charge < -0.3 is 36.6 Å². The van der Waals surface area contributed by atoms with Crippen LogP contribution in [0.1, 0.15) is 67.1 Å². The predicted molar refractivity (Wildman–Crippen MR) is 147 cm³/mol. The second kappa shape index (κ2) is 12.6. The number of nitrogens with one attached hydrogen (secondary N) is 3. The number of aliphatic hydroxyl groups is 2. The first-order chi connectivity index (χ1) is 19.8. The Morgan fingerprint density at radius 3 is 2.61 bits per heavy atom. The van der Waals surface area contributed by atoms with Crippen LogP contribution in [0.4, 0.5) is 11.5 Å². The highest BCUT2D eigenvalue weighted by molar-refractivity contribution is 6.02. The second-order valence-electron chi connectivity index (χ2n) is 10.3. The summed E-state index contributed by atoms with van der Waals surface area (Å²) >= 11 is 0. The van der Waals surface area contributed by atoms with Crippen LogP contribution in [0.25, 0.3) is 11.2 Å². The van der Waals surface area contributed by atoms with E-state index in [0.717, 1.165) is 31.2 Å². The van der Waals surface area contributed by atoms with Crippen LogP contribution in [0.3, 0.4) is 0 Å². The van der Waals surface area contributed by atoms with Crippen LogP contribution in [0, 0.1) is 0 Å². The zero-order valence-corrected chi connectivity index (χ0v) is 22.5. The topological polar surface area (TPSA) is 207 Å². The molecular formula is C27H34N8O6. The number of fused-ring (bicyclic) bond motifs is 2. The highest BCUT2D eigenvalue weighted by atomic mass is 16.6. The lowest BCUT2D eigenvalue weighted by atomic mass is 10.1. The number of ether oxygens (including phenoxy) is 1. The van der Waals surface area contributed by atoms with Gasteiger partial charge in [0.25, 0.3) is 5.91 Å². The fourth-order valence-corrected chi connectivity index (χ4v) is 5.17. The van der Waals surface area contributed by atoms with Crippen LogP contribution in [-0.2, 0) is 20.9 Å². The Hall–Kier alpha value is -4.14. The molecule has 1 aromatic carbocycles. The average Bonchev–Trinajstić information content (AvgIpc) is 3.64. The SMILES string of the molecule is Nc1ncnc2c1ncn2[C@@H]1O[C@H](CNC(=O)CCCCCCCC(=O)Nc2cccc3c2CNC3=O)[C@@H](O)[C@H]1O. The van der Waals surface area contributed by atoms with Crippen molar-refractivity contribution < 1.29 is 29.3 Å². The van der Waals surface area contributed by atoms with Crippen molar-refractivity contribution in [2.45, 2.75) is 76.0 Å². The summed E-state index contributed by atoms with van der Waals surface area (Å²) in [7, 11) is 0. The summed E-state index contributed by atoms with van der Waals surface area (Å²) in [5.41, 5.74) is 8.65. The predicted octanol–water partition coefficient (Wildman–Crippen LogP) is 0.757. The third kappa shape index (κ3) is 6.29. The van der Waals surface area contributed by atoms with Gasteiger partial charge >= 0.3 is 0 Å². The first kappa shape index (κ1) is 28.4. The van der Waals surface area contributed by atoms with E-state index in [1.807, 2.05) is 0 Å². The number of carbonyl (C=O) groups excluding carboxylic acids is 3. The number of aromatic nitrogens is 4. The quantitative estimate of drug-likeness (QED) is 0.170. The zero-order chi connectivity index (χ0) is 28.9. The Balaban J connectivity index is 0.960. The molecular weight excluding hydrogens is 532 g/mol. The lowest BCUT2D eigenvalue weighted by Gasteiger charge is -2.16. The highest BCUT2D eigenvalue weighted by Gasteiger charge is 2.44. The fraction of sp³-hybridized carbons (Fsp3) is 0.481. The molecule has 2 aromatic heterocycles. The molecule has 218 valence electrons. The molecule has 4 atom stereocenters. The van der Waals surface area contributed by atoms with Gasteiger partial charge in [-0.3, -0.25) is 19.0 Å². The highest BCUT2D eigenvalue weighted by Crippen LogP contribution is 2.31. The molecule has 14 heteroatoms. The Bertz CT molecular complexity index is 1430. The largest absolute Gasteiger partial charge is 0.387 e. The van der Waals surface area contributed by atoms with Crippen molar-refractivity contribution in [2.24, 2.45) is 0 Å². The summed E-state index contributed by atoms with van der Waals surface area (Å²) < 4.78 is 7.32. The van der Waals surface area contributed by atoms with Crippen LogP contribution in [0.5, 0.6) is 0 Å². The second-order valence-corrected chi connectivity index (χ2v) is 10.3. The normalized spacial score (nSPS) is 21.6. The van der Waals surface area contributed by atoms with Crippen molar-refractivity contribution in [1.29, 1.82) is 0 Å². The molecule has 7 N–H and O–H groups in total. The molecule has 2 aliphatic rings.